The van der Waals surface area contributed by atoms with E-state index in [1.54, 1.807) is 0 Å². The fourth-order valence-electron chi connectivity index (χ4n) is 1.33. The first kappa shape index (κ1) is 17.4. The van der Waals surface area contributed by atoms with E-state index in [2.05, 4.69) is 0 Å². The molecule has 0 aliphatic heterocycles. The van der Waals surface area contributed by atoms with Crippen LogP contribution in [0.1, 0.15) is 19.3 Å². The van der Waals surface area contributed by atoms with E-state index < -0.39 is 13.4 Å². The summed E-state index contributed by atoms with van der Waals surface area (Å²) in [5.41, 5.74) is 5.34. The molecule has 0 saturated carbocycles. The number of ether oxygens (including phenoxy) is 1. The van der Waals surface area contributed by atoms with Gasteiger partial charge in [-0.05, 0) is 31.4 Å². The molecule has 0 aliphatic carbocycles. The molecule has 0 spiro atoms. The number of halogens is 1. The van der Waals surface area contributed by atoms with Gasteiger partial charge in [-0.2, -0.15) is 0 Å². The average molecular weight is 296 g/mol. The van der Waals surface area contributed by atoms with Gasteiger partial charge in [-0.3, -0.25) is 4.57 Å². The molecule has 5 nitrogen and oxygen atoms in total. The van der Waals surface area contributed by atoms with Gasteiger partial charge in [0.15, 0.2) is 0 Å². The summed E-state index contributed by atoms with van der Waals surface area (Å²) in [7, 11) is -4.13. The second-order valence-electron chi connectivity index (χ2n) is 3.81. The first-order valence-electron chi connectivity index (χ1n) is 5.49. The van der Waals surface area contributed by atoms with E-state index in [4.69, 9.17) is 20.3 Å². The standard InChI is InChI=1S/C11H18NO4P.ClH/c12-11(17(13,14)15)8-4-5-9-16-10-6-2-1-3-7-10;/h1-3,6-7,11H,4-5,8-9,12H2,(H2,13,14,15);1H. The van der Waals surface area contributed by atoms with Gasteiger partial charge >= 0.3 is 7.60 Å². The van der Waals surface area contributed by atoms with Gasteiger partial charge in [-0.15, -0.1) is 12.4 Å². The Balaban J connectivity index is 0.00000289. The van der Waals surface area contributed by atoms with Crippen LogP contribution in [-0.4, -0.2) is 22.2 Å². The second-order valence-corrected chi connectivity index (χ2v) is 5.66. The number of unbranched alkanes of at least 4 members (excludes halogenated alkanes) is 1. The minimum atomic E-state index is -4.13. The van der Waals surface area contributed by atoms with E-state index in [0.29, 0.717) is 19.4 Å². The van der Waals surface area contributed by atoms with Crippen molar-refractivity contribution in [3.63, 3.8) is 0 Å². The highest BCUT2D eigenvalue weighted by atomic mass is 35.5. The summed E-state index contributed by atoms with van der Waals surface area (Å²) in [4.78, 5) is 17.6. The van der Waals surface area contributed by atoms with E-state index in [9.17, 15) is 4.57 Å². The summed E-state index contributed by atoms with van der Waals surface area (Å²) in [6.45, 7) is 0.526. The Morgan fingerprint density at radius 1 is 1.22 bits per heavy atom. The zero-order valence-corrected chi connectivity index (χ0v) is 11.6. The molecule has 0 radical (unpaired) electrons. The number of rotatable bonds is 7. The molecule has 0 aliphatic rings. The molecule has 7 heteroatoms. The van der Waals surface area contributed by atoms with Crippen LogP contribution >= 0.6 is 20.0 Å². The van der Waals surface area contributed by atoms with Crippen molar-refractivity contribution < 1.29 is 19.1 Å². The summed E-state index contributed by atoms with van der Waals surface area (Å²) in [5, 5.41) is 0. The summed E-state index contributed by atoms with van der Waals surface area (Å²) >= 11 is 0. The van der Waals surface area contributed by atoms with Gasteiger partial charge in [-0.1, -0.05) is 18.2 Å². The van der Waals surface area contributed by atoms with Crippen LogP contribution in [0.15, 0.2) is 30.3 Å². The van der Waals surface area contributed by atoms with Crippen molar-refractivity contribution in [2.24, 2.45) is 5.73 Å². The van der Waals surface area contributed by atoms with Gasteiger partial charge < -0.3 is 20.3 Å². The number of hydrogen-bond acceptors (Lipinski definition) is 3. The Morgan fingerprint density at radius 3 is 2.39 bits per heavy atom. The highest BCUT2D eigenvalue weighted by molar-refractivity contribution is 7.52. The Labute approximate surface area is 113 Å². The topological polar surface area (TPSA) is 92.8 Å². The predicted octanol–water partition coefficient (Wildman–Crippen LogP) is 2.12. The molecule has 4 N–H and O–H groups in total. The van der Waals surface area contributed by atoms with Crippen molar-refractivity contribution in [1.29, 1.82) is 0 Å². The fraction of sp³-hybridized carbons (Fsp3) is 0.455. The van der Waals surface area contributed by atoms with E-state index in [-0.39, 0.29) is 12.4 Å². The first-order valence-corrected chi connectivity index (χ1v) is 7.17. The molecule has 104 valence electrons. The van der Waals surface area contributed by atoms with Gasteiger partial charge in [0.25, 0.3) is 0 Å². The molecule has 0 amide bonds. The van der Waals surface area contributed by atoms with Crippen molar-refractivity contribution in [2.75, 3.05) is 6.61 Å². The molecule has 0 aromatic heterocycles. The van der Waals surface area contributed by atoms with Crippen molar-refractivity contribution in [2.45, 2.75) is 25.0 Å². The van der Waals surface area contributed by atoms with Gasteiger partial charge in [0.05, 0.1) is 6.61 Å². The Bertz CT molecular complexity index is 371. The highest BCUT2D eigenvalue weighted by Crippen LogP contribution is 2.40. The quantitative estimate of drug-likeness (QED) is 0.529. The minimum absolute atomic E-state index is 0. The molecule has 1 aromatic rings. The lowest BCUT2D eigenvalue weighted by molar-refractivity contribution is 0.301. The average Bonchev–Trinajstić information content (AvgIpc) is 2.28. The molecule has 1 unspecified atom stereocenters. The van der Waals surface area contributed by atoms with Crippen LogP contribution < -0.4 is 10.5 Å². The summed E-state index contributed by atoms with van der Waals surface area (Å²) in [6.07, 6.45) is 1.67. The number of benzene rings is 1. The third-order valence-corrected chi connectivity index (χ3v) is 3.46. The molecular weight excluding hydrogens is 277 g/mol. The number of hydrogen-bond donors (Lipinski definition) is 3. The lowest BCUT2D eigenvalue weighted by Crippen LogP contribution is -2.19. The molecular formula is C11H19ClNO4P. The summed E-state index contributed by atoms with van der Waals surface area (Å²) in [6, 6.07) is 9.41. The smallest absolute Gasteiger partial charge is 0.342 e. The third-order valence-electron chi connectivity index (χ3n) is 2.34. The zero-order valence-electron chi connectivity index (χ0n) is 9.94. The lowest BCUT2D eigenvalue weighted by atomic mass is 10.2. The second kappa shape index (κ2) is 8.51. The molecule has 1 aromatic carbocycles. The highest BCUT2D eigenvalue weighted by Gasteiger charge is 2.23. The van der Waals surface area contributed by atoms with E-state index in [0.717, 1.165) is 12.2 Å². The van der Waals surface area contributed by atoms with Crippen LogP contribution in [-0.2, 0) is 4.57 Å². The molecule has 0 saturated heterocycles. The number of para-hydroxylation sites is 1. The maximum absolute atomic E-state index is 10.8. The van der Waals surface area contributed by atoms with E-state index in [1.165, 1.54) is 0 Å². The van der Waals surface area contributed by atoms with Crippen molar-refractivity contribution in [3.05, 3.63) is 30.3 Å². The monoisotopic (exact) mass is 295 g/mol. The molecule has 0 fully saturated rings. The van der Waals surface area contributed by atoms with Crippen molar-refractivity contribution >= 4 is 20.0 Å². The van der Waals surface area contributed by atoms with Crippen LogP contribution in [0.3, 0.4) is 0 Å². The maximum Gasteiger partial charge on any atom is 0.342 e. The molecule has 0 bridgehead atoms. The van der Waals surface area contributed by atoms with Crippen LogP contribution in [0, 0.1) is 0 Å². The zero-order chi connectivity index (χ0) is 12.7. The first-order chi connectivity index (χ1) is 8.00. The van der Waals surface area contributed by atoms with Crippen LogP contribution in [0.2, 0.25) is 0 Å². The van der Waals surface area contributed by atoms with Gasteiger partial charge in [-0.25, -0.2) is 0 Å². The van der Waals surface area contributed by atoms with Crippen molar-refractivity contribution in [3.8, 4) is 5.75 Å². The van der Waals surface area contributed by atoms with Crippen LogP contribution in [0.25, 0.3) is 0 Å². The molecule has 1 atom stereocenters. The van der Waals surface area contributed by atoms with Gasteiger partial charge in [0.1, 0.15) is 11.5 Å². The predicted molar refractivity (Wildman–Crippen MR) is 73.1 cm³/mol. The van der Waals surface area contributed by atoms with Crippen LogP contribution in [0.4, 0.5) is 0 Å². The van der Waals surface area contributed by atoms with Crippen LogP contribution in [0.5, 0.6) is 5.75 Å². The molecule has 1 rings (SSSR count). The third kappa shape index (κ3) is 6.99. The normalized spacial score (nSPS) is 12.6. The summed E-state index contributed by atoms with van der Waals surface area (Å²) in [5.74, 6) is -0.258. The van der Waals surface area contributed by atoms with Gasteiger partial charge in [0.2, 0.25) is 0 Å². The maximum atomic E-state index is 10.8. The fourth-order valence-corrected chi connectivity index (χ4v) is 1.85. The van der Waals surface area contributed by atoms with E-state index in [1.807, 2.05) is 30.3 Å². The largest absolute Gasteiger partial charge is 0.494 e. The van der Waals surface area contributed by atoms with Crippen molar-refractivity contribution in [1.82, 2.24) is 0 Å². The minimum Gasteiger partial charge on any atom is -0.494 e. The summed E-state index contributed by atoms with van der Waals surface area (Å²) < 4.78 is 16.2. The Hall–Kier alpha value is -0.580. The molecule has 0 heterocycles. The van der Waals surface area contributed by atoms with E-state index >= 15 is 0 Å². The van der Waals surface area contributed by atoms with Gasteiger partial charge in [0, 0.05) is 0 Å². The Morgan fingerprint density at radius 2 is 1.83 bits per heavy atom. The Kier molecular flexibility index (Phi) is 8.24. The lowest BCUT2D eigenvalue weighted by Gasteiger charge is -2.12. The SMILES string of the molecule is Cl.NC(CCCCOc1ccccc1)P(=O)(O)O. The molecule has 18 heavy (non-hydrogen) atoms. The number of nitrogens with two attached hydrogens (primary N) is 1.